The zero-order chi connectivity index (χ0) is 25.0. The fourth-order valence-electron chi connectivity index (χ4n) is 3.36. The summed E-state index contributed by atoms with van der Waals surface area (Å²) in [5.41, 5.74) is 0. The summed E-state index contributed by atoms with van der Waals surface area (Å²) < 4.78 is 0. The van der Waals surface area contributed by atoms with E-state index in [1.54, 1.807) is 6.08 Å². The van der Waals surface area contributed by atoms with E-state index in [1.165, 1.54) is 13.0 Å². The third kappa shape index (κ3) is 10.6. The van der Waals surface area contributed by atoms with Gasteiger partial charge >= 0.3 is 0 Å². The topological polar surface area (TPSA) is 133 Å². The maximum atomic E-state index is 12.7. The van der Waals surface area contributed by atoms with Crippen LogP contribution in [0, 0.1) is 11.8 Å². The molecule has 4 N–H and O–H groups in total. The van der Waals surface area contributed by atoms with Crippen LogP contribution in [0.25, 0.3) is 0 Å². The summed E-state index contributed by atoms with van der Waals surface area (Å²) in [6.07, 6.45) is 6.82. The van der Waals surface area contributed by atoms with Crippen molar-refractivity contribution in [3.63, 3.8) is 0 Å². The largest absolute Gasteiger partial charge is 0.354 e. The van der Waals surface area contributed by atoms with Gasteiger partial charge in [0.05, 0.1) is 6.04 Å². The number of hydrogen-bond acceptors (Lipinski definition) is 5. The van der Waals surface area contributed by atoms with Crippen LogP contribution in [0.4, 0.5) is 0 Å². The Hall–Kier alpha value is -2.71. The van der Waals surface area contributed by atoms with Crippen LogP contribution in [0.1, 0.15) is 73.1 Å². The van der Waals surface area contributed by atoms with E-state index in [9.17, 15) is 24.0 Å². The number of Topliss-reactive ketones (excluding diaryl/α,β-unsaturated/α-hetero) is 1. The van der Waals surface area contributed by atoms with Gasteiger partial charge in [-0.2, -0.15) is 0 Å². The van der Waals surface area contributed by atoms with E-state index in [1.807, 2.05) is 13.8 Å². The van der Waals surface area contributed by atoms with E-state index in [2.05, 4.69) is 35.1 Å². The van der Waals surface area contributed by atoms with Crippen LogP contribution in [0.5, 0.6) is 0 Å². The highest BCUT2D eigenvalue weighted by Gasteiger charge is 2.31. The molecule has 0 bridgehead atoms. The lowest BCUT2D eigenvalue weighted by Gasteiger charge is -2.21. The van der Waals surface area contributed by atoms with Gasteiger partial charge in [0.15, 0.2) is 0 Å². The molecule has 4 unspecified atom stereocenters. The molecule has 0 saturated carbocycles. The summed E-state index contributed by atoms with van der Waals surface area (Å²) in [6.45, 7) is 9.84. The lowest BCUT2D eigenvalue weighted by atomic mass is 9.98. The third-order valence-electron chi connectivity index (χ3n) is 5.71. The molecule has 0 aromatic heterocycles. The standard InChI is InChI=1S/C24H40N4O5/c1-6-16(4)14-19-22(31)25-13-9-11-18(27-20(29)12-8-7-10-15(2)3)23(32)26-17(5)21(30)24(33)28-19/h8,12,15-19H,6-7,9-11,13-14H2,1-5H3,(H,25,31)(H,26,32)(H,27,29)(H,28,33). The van der Waals surface area contributed by atoms with Gasteiger partial charge in [-0.25, -0.2) is 0 Å². The van der Waals surface area contributed by atoms with Crippen molar-refractivity contribution < 1.29 is 24.0 Å². The lowest BCUT2D eigenvalue weighted by molar-refractivity contribution is -0.141. The van der Waals surface area contributed by atoms with Gasteiger partial charge in [-0.05, 0) is 56.9 Å². The van der Waals surface area contributed by atoms with Crippen LogP contribution in [0.15, 0.2) is 12.2 Å². The minimum atomic E-state index is -1.09. The molecule has 1 aliphatic rings. The minimum absolute atomic E-state index is 0.178. The molecule has 0 spiro atoms. The summed E-state index contributed by atoms with van der Waals surface area (Å²) in [5, 5.41) is 10.5. The zero-order valence-electron chi connectivity index (χ0n) is 20.5. The monoisotopic (exact) mass is 464 g/mol. The van der Waals surface area contributed by atoms with Gasteiger partial charge in [0.25, 0.3) is 5.91 Å². The van der Waals surface area contributed by atoms with Gasteiger partial charge < -0.3 is 21.3 Å². The normalized spacial score (nSPS) is 24.2. The van der Waals surface area contributed by atoms with Gasteiger partial charge in [0.1, 0.15) is 12.1 Å². The Morgan fingerprint density at radius 1 is 1.12 bits per heavy atom. The molecule has 4 amide bonds. The number of ketones is 1. The number of nitrogens with one attached hydrogen (secondary N) is 4. The molecule has 9 nitrogen and oxygen atoms in total. The van der Waals surface area contributed by atoms with E-state index in [-0.39, 0.29) is 24.8 Å². The van der Waals surface area contributed by atoms with Crippen molar-refractivity contribution in [2.75, 3.05) is 6.54 Å². The number of carbonyl (C=O) groups excluding carboxylic acids is 5. The maximum Gasteiger partial charge on any atom is 0.290 e. The number of hydrogen-bond donors (Lipinski definition) is 4. The molecule has 1 aliphatic heterocycles. The predicted molar refractivity (Wildman–Crippen MR) is 126 cm³/mol. The van der Waals surface area contributed by atoms with Crippen molar-refractivity contribution in [1.29, 1.82) is 0 Å². The van der Waals surface area contributed by atoms with Gasteiger partial charge in [0.2, 0.25) is 23.5 Å². The van der Waals surface area contributed by atoms with Crippen LogP contribution >= 0.6 is 0 Å². The summed E-state index contributed by atoms with van der Waals surface area (Å²) in [6, 6.07) is -2.81. The summed E-state index contributed by atoms with van der Waals surface area (Å²) >= 11 is 0. The number of rotatable bonds is 8. The van der Waals surface area contributed by atoms with Crippen LogP contribution in [-0.4, -0.2) is 54.1 Å². The smallest absolute Gasteiger partial charge is 0.290 e. The van der Waals surface area contributed by atoms with E-state index in [0.717, 1.165) is 19.3 Å². The summed E-state index contributed by atoms with van der Waals surface area (Å²) in [5.74, 6) is -2.38. The first-order chi connectivity index (χ1) is 15.5. The Kier molecular flexibility index (Phi) is 12.4. The molecule has 33 heavy (non-hydrogen) atoms. The molecule has 1 heterocycles. The summed E-state index contributed by atoms with van der Waals surface area (Å²) in [7, 11) is 0. The Morgan fingerprint density at radius 2 is 1.82 bits per heavy atom. The zero-order valence-corrected chi connectivity index (χ0v) is 20.5. The SMILES string of the molecule is CCC(C)CC1NC(=O)C(=O)C(C)NC(=O)C(NC(=O)C=CCCC(C)C)CCCNC1=O. The van der Waals surface area contributed by atoms with E-state index in [0.29, 0.717) is 18.8 Å². The van der Waals surface area contributed by atoms with Crippen molar-refractivity contribution in [3.8, 4) is 0 Å². The molecular weight excluding hydrogens is 424 g/mol. The van der Waals surface area contributed by atoms with Crippen molar-refractivity contribution in [3.05, 3.63) is 12.2 Å². The molecule has 1 saturated heterocycles. The first-order valence-electron chi connectivity index (χ1n) is 11.9. The third-order valence-corrected chi connectivity index (χ3v) is 5.71. The van der Waals surface area contributed by atoms with Gasteiger partial charge in [-0.1, -0.05) is 40.2 Å². The van der Waals surface area contributed by atoms with Gasteiger partial charge in [-0.15, -0.1) is 0 Å². The average molecular weight is 465 g/mol. The molecule has 9 heteroatoms. The Labute approximate surface area is 196 Å². The second-order valence-electron chi connectivity index (χ2n) is 9.24. The number of carbonyl (C=O) groups is 5. The van der Waals surface area contributed by atoms with Crippen LogP contribution in [0.2, 0.25) is 0 Å². The Morgan fingerprint density at radius 3 is 2.45 bits per heavy atom. The number of allylic oxidation sites excluding steroid dienone is 1. The Bertz CT molecular complexity index is 734. The van der Waals surface area contributed by atoms with Crippen molar-refractivity contribution in [2.24, 2.45) is 11.8 Å². The minimum Gasteiger partial charge on any atom is -0.354 e. The quantitative estimate of drug-likeness (QED) is 0.318. The maximum absolute atomic E-state index is 12.7. The fraction of sp³-hybridized carbons (Fsp3) is 0.708. The molecular formula is C24H40N4O5. The van der Waals surface area contributed by atoms with Crippen molar-refractivity contribution in [2.45, 2.75) is 91.3 Å². The molecule has 1 rings (SSSR count). The lowest BCUT2D eigenvalue weighted by Crippen LogP contribution is -2.54. The van der Waals surface area contributed by atoms with Crippen molar-refractivity contribution in [1.82, 2.24) is 21.3 Å². The second-order valence-corrected chi connectivity index (χ2v) is 9.24. The van der Waals surface area contributed by atoms with E-state index in [4.69, 9.17) is 0 Å². The molecule has 1 fully saturated rings. The second kappa shape index (κ2) is 14.4. The van der Waals surface area contributed by atoms with E-state index >= 15 is 0 Å². The van der Waals surface area contributed by atoms with Crippen LogP contribution < -0.4 is 21.3 Å². The van der Waals surface area contributed by atoms with Gasteiger partial charge in [-0.3, -0.25) is 24.0 Å². The highest BCUT2D eigenvalue weighted by atomic mass is 16.2. The molecule has 0 radical (unpaired) electrons. The first-order valence-corrected chi connectivity index (χ1v) is 11.9. The fourth-order valence-corrected chi connectivity index (χ4v) is 3.36. The van der Waals surface area contributed by atoms with Crippen LogP contribution in [-0.2, 0) is 24.0 Å². The number of amides is 4. The predicted octanol–water partition coefficient (Wildman–Crippen LogP) is 1.37. The molecule has 186 valence electrons. The molecule has 4 atom stereocenters. The van der Waals surface area contributed by atoms with Crippen LogP contribution in [0.3, 0.4) is 0 Å². The molecule has 0 aliphatic carbocycles. The highest BCUT2D eigenvalue weighted by molar-refractivity contribution is 6.38. The average Bonchev–Trinajstić information content (AvgIpc) is 2.76. The Balaban J connectivity index is 2.91. The highest BCUT2D eigenvalue weighted by Crippen LogP contribution is 2.11. The van der Waals surface area contributed by atoms with E-state index < -0.39 is 41.6 Å². The van der Waals surface area contributed by atoms with Crippen molar-refractivity contribution >= 4 is 29.4 Å². The molecule has 0 aromatic carbocycles. The van der Waals surface area contributed by atoms with Gasteiger partial charge in [0, 0.05) is 6.54 Å². The summed E-state index contributed by atoms with van der Waals surface area (Å²) in [4.78, 5) is 62.6. The molecule has 0 aromatic rings. The first kappa shape index (κ1) is 28.3.